The van der Waals surface area contributed by atoms with E-state index < -0.39 is 15.3 Å². The maximum Gasteiger partial charge on any atom is 0.178 e. The summed E-state index contributed by atoms with van der Waals surface area (Å²) in [5.41, 5.74) is -0.432. The van der Waals surface area contributed by atoms with Crippen LogP contribution in [0.2, 0.25) is 0 Å². The van der Waals surface area contributed by atoms with Crippen molar-refractivity contribution in [3.8, 4) is 0 Å². The van der Waals surface area contributed by atoms with Gasteiger partial charge in [-0.2, -0.15) is 0 Å². The van der Waals surface area contributed by atoms with Gasteiger partial charge in [-0.25, -0.2) is 8.42 Å². The number of hydrogen-bond acceptors (Lipinski definition) is 4. The highest BCUT2D eigenvalue weighted by Crippen LogP contribution is 2.09. The van der Waals surface area contributed by atoms with Crippen LogP contribution in [-0.4, -0.2) is 36.5 Å². The third-order valence-corrected chi connectivity index (χ3v) is 3.90. The minimum atomic E-state index is -3.42. The van der Waals surface area contributed by atoms with Crippen molar-refractivity contribution in [3.63, 3.8) is 0 Å². The third kappa shape index (κ3) is 5.89. The van der Waals surface area contributed by atoms with Crippen molar-refractivity contribution in [3.05, 3.63) is 0 Å². The van der Waals surface area contributed by atoms with E-state index in [0.29, 0.717) is 0 Å². The fraction of sp³-hybridized carbons (Fsp3) is 0.900. The largest absolute Gasteiger partial charge is 0.377 e. The Morgan fingerprint density at radius 3 is 2.27 bits per heavy atom. The second kappa shape index (κ2) is 6.23. The van der Waals surface area contributed by atoms with Crippen LogP contribution in [0.5, 0.6) is 0 Å². The summed E-state index contributed by atoms with van der Waals surface area (Å²) < 4.78 is 23.0. The van der Waals surface area contributed by atoms with Gasteiger partial charge in [-0.3, -0.25) is 4.99 Å². The molecule has 0 bridgehead atoms. The van der Waals surface area contributed by atoms with Crippen molar-refractivity contribution in [1.29, 1.82) is 0 Å². The number of sulfone groups is 1. The molecule has 0 aliphatic rings. The molecular weight excluding hydrogens is 214 g/mol. The number of nitrogens with zero attached hydrogens (tertiary/aromatic N) is 1. The molecule has 0 aromatic heterocycles. The first-order valence-electron chi connectivity index (χ1n) is 5.20. The van der Waals surface area contributed by atoms with E-state index in [4.69, 9.17) is 5.11 Å². The summed E-state index contributed by atoms with van der Waals surface area (Å²) in [4.78, 5) is 4.26. The minimum absolute atomic E-state index is 0.0658. The Morgan fingerprint density at radius 1 is 1.40 bits per heavy atom. The molecule has 0 saturated heterocycles. The number of hydrogen-bond donors (Lipinski definition) is 1. The molecule has 2 unspecified atom stereocenters. The first kappa shape index (κ1) is 14.6. The molecule has 0 spiro atoms. The van der Waals surface area contributed by atoms with Crippen LogP contribution in [0.15, 0.2) is 4.99 Å². The normalized spacial score (nSPS) is 15.8. The quantitative estimate of drug-likeness (QED) is 0.707. The van der Waals surface area contributed by atoms with E-state index in [-0.39, 0.29) is 11.8 Å². The van der Waals surface area contributed by atoms with Gasteiger partial charge in [0.25, 0.3) is 0 Å². The van der Waals surface area contributed by atoms with Gasteiger partial charge in [-0.15, -0.1) is 0 Å². The van der Waals surface area contributed by atoms with Crippen molar-refractivity contribution in [1.82, 2.24) is 0 Å². The summed E-state index contributed by atoms with van der Waals surface area (Å²) in [6.07, 6.45) is 1.62. The molecule has 0 heterocycles. The van der Waals surface area contributed by atoms with Crippen molar-refractivity contribution in [2.24, 2.45) is 4.99 Å². The predicted molar refractivity (Wildman–Crippen MR) is 62.9 cm³/mol. The van der Waals surface area contributed by atoms with Gasteiger partial charge in [-0.1, -0.05) is 13.3 Å². The molecule has 15 heavy (non-hydrogen) atoms. The van der Waals surface area contributed by atoms with Crippen molar-refractivity contribution in [2.75, 3.05) is 5.75 Å². The summed E-state index contributed by atoms with van der Waals surface area (Å²) in [6.45, 7) is 6.96. The highest BCUT2D eigenvalue weighted by atomic mass is 32.2. The molecule has 4 nitrogen and oxygen atoms in total. The summed E-state index contributed by atoms with van der Waals surface area (Å²) in [6, 6.07) is -0.223. The van der Waals surface area contributed by atoms with Crippen LogP contribution in [-0.2, 0) is 9.84 Å². The highest BCUT2D eigenvalue weighted by molar-refractivity contribution is 7.91. The zero-order valence-corrected chi connectivity index (χ0v) is 10.7. The molecule has 0 rings (SSSR count). The number of aliphatic hydroxyl groups is 1. The molecule has 0 amide bonds. The van der Waals surface area contributed by atoms with Crippen molar-refractivity contribution in [2.45, 2.75) is 52.0 Å². The van der Waals surface area contributed by atoms with E-state index in [9.17, 15) is 8.42 Å². The molecule has 1 N–H and O–H groups in total. The average Bonchev–Trinajstić information content (AvgIpc) is 2.01. The molecule has 0 aliphatic heterocycles. The number of aliphatic hydroxyl groups excluding tert-OH is 1. The second-order valence-corrected chi connectivity index (χ2v) is 6.29. The lowest BCUT2D eigenvalue weighted by atomic mass is 10.2. The maximum atomic E-state index is 11.5. The smallest absolute Gasteiger partial charge is 0.178 e. The first-order chi connectivity index (χ1) is 6.79. The van der Waals surface area contributed by atoms with Crippen LogP contribution >= 0.6 is 0 Å². The summed E-state index contributed by atoms with van der Waals surface area (Å²) in [5.74, 6) is -0.0658. The summed E-state index contributed by atoms with van der Waals surface area (Å²) in [5, 5.41) is 9.09. The van der Waals surface area contributed by atoms with Gasteiger partial charge in [0, 0.05) is 5.71 Å². The molecule has 0 aromatic carbocycles. The third-order valence-electron chi connectivity index (χ3n) is 2.01. The van der Waals surface area contributed by atoms with Gasteiger partial charge in [0.2, 0.25) is 0 Å². The topological polar surface area (TPSA) is 66.7 Å². The van der Waals surface area contributed by atoms with Crippen LogP contribution in [0.3, 0.4) is 0 Å². The van der Waals surface area contributed by atoms with Gasteiger partial charge in [0.05, 0.1) is 11.8 Å². The van der Waals surface area contributed by atoms with E-state index in [1.807, 2.05) is 20.8 Å². The molecular formula is C10H21NO3S. The van der Waals surface area contributed by atoms with Crippen molar-refractivity contribution < 1.29 is 13.5 Å². The maximum absolute atomic E-state index is 11.5. The molecule has 0 radical (unpaired) electrons. The fourth-order valence-electron chi connectivity index (χ4n) is 1.29. The number of rotatable bonds is 6. The lowest BCUT2D eigenvalue weighted by Crippen LogP contribution is -2.27. The van der Waals surface area contributed by atoms with Gasteiger partial charge in [0.15, 0.2) is 15.3 Å². The molecule has 0 aliphatic carbocycles. The standard InChI is InChI=1S/C10H21NO3S/c1-5-6-10(11-8(2)3)7-15(13,14)9(4)12/h9-10,12H,5-7H2,1-4H3. The Balaban J connectivity index is 4.62. The molecule has 0 fully saturated rings. The lowest BCUT2D eigenvalue weighted by Gasteiger charge is -2.14. The minimum Gasteiger partial charge on any atom is -0.377 e. The zero-order valence-electron chi connectivity index (χ0n) is 9.90. The zero-order chi connectivity index (χ0) is 12.1. The molecule has 0 saturated carbocycles. The van der Waals surface area contributed by atoms with Crippen molar-refractivity contribution >= 4 is 15.5 Å². The van der Waals surface area contributed by atoms with Crippen LogP contribution < -0.4 is 0 Å². The Labute approximate surface area is 92.3 Å². The molecule has 90 valence electrons. The second-order valence-electron chi connectivity index (χ2n) is 3.95. The molecule has 2 atom stereocenters. The van der Waals surface area contributed by atoms with E-state index in [1.54, 1.807) is 0 Å². The Morgan fingerprint density at radius 2 is 1.93 bits per heavy atom. The van der Waals surface area contributed by atoms with Crippen LogP contribution in [0.25, 0.3) is 0 Å². The SMILES string of the molecule is CCCC(CS(=O)(=O)C(C)O)N=C(C)C. The Hall–Kier alpha value is -0.420. The van der Waals surface area contributed by atoms with Gasteiger partial charge >= 0.3 is 0 Å². The predicted octanol–water partition coefficient (Wildman–Crippen LogP) is 1.39. The summed E-state index contributed by atoms with van der Waals surface area (Å²) in [7, 11) is -3.42. The molecule has 5 heteroatoms. The van der Waals surface area contributed by atoms with E-state index in [2.05, 4.69) is 4.99 Å². The van der Waals surface area contributed by atoms with Gasteiger partial charge in [-0.05, 0) is 27.2 Å². The lowest BCUT2D eigenvalue weighted by molar-refractivity contribution is 0.268. The first-order valence-corrected chi connectivity index (χ1v) is 6.91. The highest BCUT2D eigenvalue weighted by Gasteiger charge is 2.22. The van der Waals surface area contributed by atoms with E-state index in [1.165, 1.54) is 6.92 Å². The monoisotopic (exact) mass is 235 g/mol. The van der Waals surface area contributed by atoms with Crippen LogP contribution in [0, 0.1) is 0 Å². The van der Waals surface area contributed by atoms with E-state index >= 15 is 0 Å². The van der Waals surface area contributed by atoms with Gasteiger partial charge < -0.3 is 5.11 Å². The Bertz CT molecular complexity index is 303. The number of aliphatic imine (C=N–C) groups is 1. The molecule has 0 aromatic rings. The average molecular weight is 235 g/mol. The van der Waals surface area contributed by atoms with Gasteiger partial charge in [0.1, 0.15) is 0 Å². The van der Waals surface area contributed by atoms with Crippen LogP contribution in [0.1, 0.15) is 40.5 Å². The summed E-state index contributed by atoms with van der Waals surface area (Å²) >= 11 is 0. The Kier molecular flexibility index (Phi) is 6.05. The van der Waals surface area contributed by atoms with Crippen LogP contribution in [0.4, 0.5) is 0 Å². The van der Waals surface area contributed by atoms with E-state index in [0.717, 1.165) is 18.6 Å². The fourth-order valence-corrected chi connectivity index (χ4v) is 2.35.